The van der Waals surface area contributed by atoms with E-state index in [4.69, 9.17) is 10.5 Å². The first-order valence-corrected chi connectivity index (χ1v) is 6.19. The van der Waals surface area contributed by atoms with E-state index in [9.17, 15) is 0 Å². The van der Waals surface area contributed by atoms with Crippen molar-refractivity contribution >= 4 is 0 Å². The molecular weight excluding hydrogens is 212 g/mol. The zero-order chi connectivity index (χ0) is 12.5. The van der Waals surface area contributed by atoms with Crippen molar-refractivity contribution in [2.75, 3.05) is 27.7 Å². The van der Waals surface area contributed by atoms with E-state index >= 15 is 0 Å². The molecule has 1 aromatic carbocycles. The van der Waals surface area contributed by atoms with Gasteiger partial charge in [0.2, 0.25) is 0 Å². The fraction of sp³-hybridized carbons (Fsp3) is 0.571. The van der Waals surface area contributed by atoms with Gasteiger partial charge < -0.3 is 10.5 Å². The maximum Gasteiger partial charge on any atom is 0.119 e. The van der Waals surface area contributed by atoms with Crippen LogP contribution in [-0.2, 0) is 12.0 Å². The van der Waals surface area contributed by atoms with Crippen LogP contribution < -0.4 is 10.5 Å². The standard InChI is InChI=1S/C14H22N2O/c1-16(2)14(10-15)8-4-5-11-9-12(17-3)6-7-13(11)14/h6-7,9H,4-5,8,10,15H2,1-3H3. The number of methoxy groups -OCH3 is 1. The summed E-state index contributed by atoms with van der Waals surface area (Å²) in [5, 5.41) is 0. The Bertz CT molecular complexity index is 403. The Morgan fingerprint density at radius 2 is 2.18 bits per heavy atom. The first kappa shape index (κ1) is 12.4. The van der Waals surface area contributed by atoms with Gasteiger partial charge in [0.25, 0.3) is 0 Å². The van der Waals surface area contributed by atoms with E-state index in [0.717, 1.165) is 18.6 Å². The second-order valence-electron chi connectivity index (χ2n) is 5.01. The second-order valence-corrected chi connectivity index (χ2v) is 5.01. The summed E-state index contributed by atoms with van der Waals surface area (Å²) in [5.41, 5.74) is 8.81. The third-order valence-corrected chi connectivity index (χ3v) is 4.04. The van der Waals surface area contributed by atoms with Crippen LogP contribution in [-0.4, -0.2) is 32.6 Å². The first-order valence-electron chi connectivity index (χ1n) is 6.19. The fourth-order valence-corrected chi connectivity index (χ4v) is 2.92. The van der Waals surface area contributed by atoms with E-state index in [1.165, 1.54) is 17.5 Å². The number of hydrogen-bond acceptors (Lipinski definition) is 3. The number of likely N-dealkylation sites (N-methyl/N-ethyl adjacent to an activating group) is 1. The molecule has 0 heterocycles. The highest BCUT2D eigenvalue weighted by atomic mass is 16.5. The number of fused-ring (bicyclic) bond motifs is 1. The Balaban J connectivity index is 2.50. The van der Waals surface area contributed by atoms with Gasteiger partial charge >= 0.3 is 0 Å². The van der Waals surface area contributed by atoms with Crippen molar-refractivity contribution in [1.82, 2.24) is 4.90 Å². The van der Waals surface area contributed by atoms with Gasteiger partial charge in [-0.1, -0.05) is 6.07 Å². The smallest absolute Gasteiger partial charge is 0.119 e. The fourth-order valence-electron chi connectivity index (χ4n) is 2.92. The van der Waals surface area contributed by atoms with Crippen LogP contribution in [0.5, 0.6) is 5.75 Å². The van der Waals surface area contributed by atoms with Gasteiger partial charge in [-0.25, -0.2) is 0 Å². The topological polar surface area (TPSA) is 38.5 Å². The number of hydrogen-bond donors (Lipinski definition) is 1. The zero-order valence-corrected chi connectivity index (χ0v) is 11.0. The molecule has 0 aromatic heterocycles. The molecule has 0 saturated heterocycles. The minimum atomic E-state index is -0.000144. The molecule has 0 bridgehead atoms. The van der Waals surface area contributed by atoms with Crippen LogP contribution in [0.15, 0.2) is 18.2 Å². The van der Waals surface area contributed by atoms with Crippen molar-refractivity contribution in [3.8, 4) is 5.75 Å². The lowest BCUT2D eigenvalue weighted by Crippen LogP contribution is -2.49. The largest absolute Gasteiger partial charge is 0.497 e. The van der Waals surface area contributed by atoms with Crippen LogP contribution in [0.1, 0.15) is 24.0 Å². The van der Waals surface area contributed by atoms with E-state index in [0.29, 0.717) is 6.54 Å². The number of aryl methyl sites for hydroxylation is 1. The summed E-state index contributed by atoms with van der Waals surface area (Å²) in [6.07, 6.45) is 3.45. The Morgan fingerprint density at radius 1 is 1.41 bits per heavy atom. The van der Waals surface area contributed by atoms with Crippen LogP contribution >= 0.6 is 0 Å². The van der Waals surface area contributed by atoms with Crippen LogP contribution in [0, 0.1) is 0 Å². The molecule has 1 aliphatic carbocycles. The van der Waals surface area contributed by atoms with E-state index in [1.54, 1.807) is 7.11 Å². The molecule has 17 heavy (non-hydrogen) atoms. The predicted molar refractivity (Wildman–Crippen MR) is 70.4 cm³/mol. The van der Waals surface area contributed by atoms with Gasteiger partial charge in [0.1, 0.15) is 5.75 Å². The molecule has 3 nitrogen and oxygen atoms in total. The van der Waals surface area contributed by atoms with E-state index < -0.39 is 0 Å². The van der Waals surface area contributed by atoms with E-state index in [2.05, 4.69) is 31.1 Å². The minimum absolute atomic E-state index is 0.000144. The maximum absolute atomic E-state index is 6.05. The second kappa shape index (κ2) is 4.67. The number of rotatable bonds is 3. The summed E-state index contributed by atoms with van der Waals surface area (Å²) in [4.78, 5) is 2.26. The molecule has 2 rings (SSSR count). The lowest BCUT2D eigenvalue weighted by molar-refractivity contribution is 0.135. The molecular formula is C14H22N2O. The highest BCUT2D eigenvalue weighted by molar-refractivity contribution is 5.42. The van der Waals surface area contributed by atoms with E-state index in [-0.39, 0.29) is 5.54 Å². The summed E-state index contributed by atoms with van der Waals surface area (Å²) in [6, 6.07) is 6.38. The van der Waals surface area contributed by atoms with Crippen LogP contribution in [0.3, 0.4) is 0 Å². The molecule has 0 aliphatic heterocycles. The summed E-state index contributed by atoms with van der Waals surface area (Å²) in [5.74, 6) is 0.940. The van der Waals surface area contributed by atoms with Gasteiger partial charge in [-0.3, -0.25) is 4.90 Å². The van der Waals surface area contributed by atoms with Gasteiger partial charge in [-0.2, -0.15) is 0 Å². The molecule has 1 unspecified atom stereocenters. The Kier molecular flexibility index (Phi) is 3.40. The normalized spacial score (nSPS) is 23.6. The summed E-state index contributed by atoms with van der Waals surface area (Å²) >= 11 is 0. The Labute approximate surface area is 104 Å². The highest BCUT2D eigenvalue weighted by Gasteiger charge is 2.37. The molecule has 0 amide bonds. The Hall–Kier alpha value is -1.06. The molecule has 1 atom stereocenters. The van der Waals surface area contributed by atoms with Gasteiger partial charge in [0.15, 0.2) is 0 Å². The SMILES string of the molecule is COc1ccc2c(c1)CCCC2(CN)N(C)C. The van der Waals surface area contributed by atoms with E-state index in [1.807, 2.05) is 6.07 Å². The molecule has 94 valence electrons. The number of nitrogens with zero attached hydrogens (tertiary/aromatic N) is 1. The maximum atomic E-state index is 6.05. The predicted octanol–water partition coefficient (Wildman–Crippen LogP) is 1.75. The van der Waals surface area contributed by atoms with Gasteiger partial charge in [-0.15, -0.1) is 0 Å². The van der Waals surface area contributed by atoms with Crippen molar-refractivity contribution in [3.05, 3.63) is 29.3 Å². The highest BCUT2D eigenvalue weighted by Crippen LogP contribution is 2.39. The van der Waals surface area contributed by atoms with Crippen molar-refractivity contribution in [2.45, 2.75) is 24.8 Å². The molecule has 1 aromatic rings. The van der Waals surface area contributed by atoms with Gasteiger partial charge in [0.05, 0.1) is 12.6 Å². The first-order chi connectivity index (χ1) is 8.14. The molecule has 2 N–H and O–H groups in total. The summed E-state index contributed by atoms with van der Waals surface area (Å²) in [6.45, 7) is 0.666. The Morgan fingerprint density at radius 3 is 2.76 bits per heavy atom. The lowest BCUT2D eigenvalue weighted by atomic mass is 9.75. The van der Waals surface area contributed by atoms with Crippen molar-refractivity contribution < 1.29 is 4.74 Å². The van der Waals surface area contributed by atoms with Crippen LogP contribution in [0.4, 0.5) is 0 Å². The van der Waals surface area contributed by atoms with Crippen LogP contribution in [0.2, 0.25) is 0 Å². The average molecular weight is 234 g/mol. The third kappa shape index (κ3) is 1.94. The number of nitrogens with two attached hydrogens (primary N) is 1. The van der Waals surface area contributed by atoms with Gasteiger partial charge in [-0.05, 0) is 56.6 Å². The van der Waals surface area contributed by atoms with Crippen molar-refractivity contribution in [3.63, 3.8) is 0 Å². The van der Waals surface area contributed by atoms with Crippen molar-refractivity contribution in [2.24, 2.45) is 5.73 Å². The molecule has 3 heteroatoms. The molecule has 0 saturated carbocycles. The van der Waals surface area contributed by atoms with Crippen molar-refractivity contribution in [1.29, 1.82) is 0 Å². The van der Waals surface area contributed by atoms with Crippen LogP contribution in [0.25, 0.3) is 0 Å². The quantitative estimate of drug-likeness (QED) is 0.866. The number of benzene rings is 1. The molecule has 0 radical (unpaired) electrons. The molecule has 0 spiro atoms. The molecule has 0 fully saturated rings. The average Bonchev–Trinajstić information content (AvgIpc) is 2.36. The summed E-state index contributed by atoms with van der Waals surface area (Å²) in [7, 11) is 5.95. The summed E-state index contributed by atoms with van der Waals surface area (Å²) < 4.78 is 5.30. The number of ether oxygens (including phenoxy) is 1. The zero-order valence-electron chi connectivity index (χ0n) is 11.0. The minimum Gasteiger partial charge on any atom is -0.497 e. The monoisotopic (exact) mass is 234 g/mol. The third-order valence-electron chi connectivity index (χ3n) is 4.04. The van der Waals surface area contributed by atoms with Gasteiger partial charge in [0, 0.05) is 6.54 Å². The molecule has 1 aliphatic rings. The lowest BCUT2D eigenvalue weighted by Gasteiger charge is -2.43.